The minimum absolute atomic E-state index is 0.0789. The lowest BCUT2D eigenvalue weighted by Gasteiger charge is -2.33. The van der Waals surface area contributed by atoms with E-state index in [4.69, 9.17) is 5.73 Å². The molecule has 6 heteroatoms. The van der Waals surface area contributed by atoms with Crippen LogP contribution in [0.15, 0.2) is 30.3 Å². The largest absolute Gasteiger partial charge is 0.369 e. The zero-order valence-corrected chi connectivity index (χ0v) is 14.3. The molecule has 1 aromatic carbocycles. The van der Waals surface area contributed by atoms with Gasteiger partial charge in [-0.15, -0.1) is 0 Å². The number of hydrogen-bond acceptors (Lipinski definition) is 3. The molecule has 0 aromatic heterocycles. The third-order valence-corrected chi connectivity index (χ3v) is 4.45. The van der Waals surface area contributed by atoms with Crippen molar-refractivity contribution in [3.8, 4) is 0 Å². The van der Waals surface area contributed by atoms with Gasteiger partial charge in [0, 0.05) is 31.6 Å². The summed E-state index contributed by atoms with van der Waals surface area (Å²) in [5, 5.41) is 0. The zero-order valence-electron chi connectivity index (χ0n) is 14.3. The van der Waals surface area contributed by atoms with Gasteiger partial charge in [-0.3, -0.25) is 14.4 Å². The second-order valence-corrected chi connectivity index (χ2v) is 6.48. The Kier molecular flexibility index (Phi) is 5.95. The van der Waals surface area contributed by atoms with Crippen molar-refractivity contribution in [2.24, 2.45) is 11.7 Å². The summed E-state index contributed by atoms with van der Waals surface area (Å²) in [6, 6.07) is 9.53. The predicted octanol–water partition coefficient (Wildman–Crippen LogP) is 1.15. The molecule has 2 rings (SSSR count). The Morgan fingerprint density at radius 3 is 2.25 bits per heavy atom. The maximum absolute atomic E-state index is 12.6. The zero-order chi connectivity index (χ0) is 17.7. The molecule has 130 valence electrons. The van der Waals surface area contributed by atoms with Gasteiger partial charge in [-0.1, -0.05) is 30.3 Å². The summed E-state index contributed by atoms with van der Waals surface area (Å²) in [7, 11) is 0. The van der Waals surface area contributed by atoms with Crippen molar-refractivity contribution in [2.75, 3.05) is 13.1 Å². The molecule has 3 amide bonds. The second-order valence-electron chi connectivity index (χ2n) is 6.48. The molecule has 0 atom stereocenters. The average Bonchev–Trinajstić information content (AvgIpc) is 2.59. The predicted molar refractivity (Wildman–Crippen MR) is 90.6 cm³/mol. The first kappa shape index (κ1) is 18.0. The summed E-state index contributed by atoms with van der Waals surface area (Å²) in [5.74, 6) is -1.52. The number of hydrogen-bond donors (Lipinski definition) is 1. The van der Waals surface area contributed by atoms with Gasteiger partial charge in [0.15, 0.2) is 0 Å². The number of likely N-dealkylation sites (tertiary alicyclic amines) is 1. The first-order valence-corrected chi connectivity index (χ1v) is 8.33. The lowest BCUT2D eigenvalue weighted by molar-refractivity contribution is -0.154. The molecule has 24 heavy (non-hydrogen) atoms. The highest BCUT2D eigenvalue weighted by atomic mass is 16.2. The maximum atomic E-state index is 12.6. The van der Waals surface area contributed by atoms with E-state index in [1.807, 2.05) is 44.2 Å². The quantitative estimate of drug-likeness (QED) is 0.840. The number of nitrogens with zero attached hydrogens (tertiary/aromatic N) is 2. The molecular weight excluding hydrogens is 306 g/mol. The van der Waals surface area contributed by atoms with Crippen LogP contribution in [0.2, 0.25) is 0 Å². The van der Waals surface area contributed by atoms with Crippen LogP contribution in [0.3, 0.4) is 0 Å². The van der Waals surface area contributed by atoms with Gasteiger partial charge in [-0.05, 0) is 32.3 Å². The van der Waals surface area contributed by atoms with E-state index in [2.05, 4.69) is 0 Å². The molecule has 1 aliphatic heterocycles. The lowest BCUT2D eigenvalue weighted by Crippen LogP contribution is -2.50. The number of carbonyl (C=O) groups is 3. The lowest BCUT2D eigenvalue weighted by atomic mass is 9.96. The molecule has 2 N–H and O–H groups in total. The molecule has 1 aromatic rings. The molecule has 1 fully saturated rings. The Bertz CT molecular complexity index is 593. The molecule has 0 radical (unpaired) electrons. The van der Waals surface area contributed by atoms with E-state index >= 15 is 0 Å². The summed E-state index contributed by atoms with van der Waals surface area (Å²) in [5.41, 5.74) is 6.29. The van der Waals surface area contributed by atoms with Crippen LogP contribution in [-0.2, 0) is 20.9 Å². The summed E-state index contributed by atoms with van der Waals surface area (Å²) in [6.45, 7) is 4.99. The SMILES string of the molecule is CC(C)N(Cc1ccccc1)C(=O)C(=O)N1CCC(C(N)=O)CC1. The van der Waals surface area contributed by atoms with Gasteiger partial charge in [0.05, 0.1) is 0 Å². The molecule has 0 bridgehead atoms. The number of nitrogens with two attached hydrogens (primary N) is 1. The highest BCUT2D eigenvalue weighted by Gasteiger charge is 2.32. The molecule has 1 saturated heterocycles. The van der Waals surface area contributed by atoms with Gasteiger partial charge >= 0.3 is 11.8 Å². The van der Waals surface area contributed by atoms with Crippen LogP contribution in [-0.4, -0.2) is 46.7 Å². The highest BCUT2D eigenvalue weighted by Crippen LogP contribution is 2.18. The maximum Gasteiger partial charge on any atom is 0.312 e. The smallest absolute Gasteiger partial charge is 0.312 e. The van der Waals surface area contributed by atoms with E-state index < -0.39 is 11.8 Å². The fourth-order valence-electron chi connectivity index (χ4n) is 2.89. The van der Waals surface area contributed by atoms with Gasteiger partial charge in [0.25, 0.3) is 0 Å². The van der Waals surface area contributed by atoms with Crippen LogP contribution < -0.4 is 5.73 Å². The third kappa shape index (κ3) is 4.34. The van der Waals surface area contributed by atoms with Crippen molar-refractivity contribution in [3.05, 3.63) is 35.9 Å². The van der Waals surface area contributed by atoms with Crippen LogP contribution in [0, 0.1) is 5.92 Å². The molecular formula is C18H25N3O3. The van der Waals surface area contributed by atoms with E-state index in [9.17, 15) is 14.4 Å². The van der Waals surface area contributed by atoms with Crippen molar-refractivity contribution in [1.82, 2.24) is 9.80 Å². The molecule has 0 spiro atoms. The topological polar surface area (TPSA) is 83.7 Å². The number of benzene rings is 1. The Labute approximate surface area is 142 Å². The van der Waals surface area contributed by atoms with Crippen LogP contribution >= 0.6 is 0 Å². The van der Waals surface area contributed by atoms with Crippen LogP contribution in [0.4, 0.5) is 0 Å². The van der Waals surface area contributed by atoms with Gasteiger partial charge < -0.3 is 15.5 Å². The molecule has 0 unspecified atom stereocenters. The summed E-state index contributed by atoms with van der Waals surface area (Å²) >= 11 is 0. The fraction of sp³-hybridized carbons (Fsp3) is 0.500. The van der Waals surface area contributed by atoms with Crippen LogP contribution in [0.5, 0.6) is 0 Å². The van der Waals surface area contributed by atoms with Gasteiger partial charge in [-0.25, -0.2) is 0 Å². The number of piperidine rings is 1. The van der Waals surface area contributed by atoms with Crippen molar-refractivity contribution in [2.45, 2.75) is 39.3 Å². The van der Waals surface area contributed by atoms with Crippen molar-refractivity contribution in [1.29, 1.82) is 0 Å². The number of rotatable bonds is 4. The Morgan fingerprint density at radius 2 is 1.75 bits per heavy atom. The van der Waals surface area contributed by atoms with E-state index in [0.717, 1.165) is 5.56 Å². The molecule has 6 nitrogen and oxygen atoms in total. The summed E-state index contributed by atoms with van der Waals surface area (Å²) in [6.07, 6.45) is 1.05. The molecule has 1 heterocycles. The Balaban J connectivity index is 2.01. The highest BCUT2D eigenvalue weighted by molar-refractivity contribution is 6.35. The minimum atomic E-state index is -0.498. The van der Waals surface area contributed by atoms with Crippen molar-refractivity contribution in [3.63, 3.8) is 0 Å². The fourth-order valence-corrected chi connectivity index (χ4v) is 2.89. The minimum Gasteiger partial charge on any atom is -0.369 e. The summed E-state index contributed by atoms with van der Waals surface area (Å²) in [4.78, 5) is 39.5. The first-order valence-electron chi connectivity index (χ1n) is 8.33. The standard InChI is InChI=1S/C18H25N3O3/c1-13(2)21(12-14-6-4-3-5-7-14)18(24)17(23)20-10-8-15(9-11-20)16(19)22/h3-7,13,15H,8-12H2,1-2H3,(H2,19,22). The molecule has 0 aliphatic carbocycles. The number of amides is 3. The van der Waals surface area contributed by atoms with E-state index in [-0.39, 0.29) is 17.9 Å². The first-order chi connectivity index (χ1) is 11.4. The van der Waals surface area contributed by atoms with Gasteiger partial charge in [-0.2, -0.15) is 0 Å². The van der Waals surface area contributed by atoms with Crippen LogP contribution in [0.25, 0.3) is 0 Å². The second kappa shape index (κ2) is 7.95. The van der Waals surface area contributed by atoms with Crippen molar-refractivity contribution < 1.29 is 14.4 Å². The number of carbonyl (C=O) groups excluding carboxylic acids is 3. The van der Waals surface area contributed by atoms with E-state index in [0.29, 0.717) is 32.5 Å². The number of primary amides is 1. The van der Waals surface area contributed by atoms with Crippen molar-refractivity contribution >= 4 is 17.7 Å². The van der Waals surface area contributed by atoms with Gasteiger partial charge in [0.2, 0.25) is 5.91 Å². The van der Waals surface area contributed by atoms with E-state index in [1.54, 1.807) is 4.90 Å². The van der Waals surface area contributed by atoms with Crippen LogP contribution in [0.1, 0.15) is 32.3 Å². The normalized spacial score (nSPS) is 15.4. The Morgan fingerprint density at radius 1 is 1.17 bits per heavy atom. The monoisotopic (exact) mass is 331 g/mol. The molecule has 0 saturated carbocycles. The third-order valence-electron chi connectivity index (χ3n) is 4.45. The molecule has 1 aliphatic rings. The Hall–Kier alpha value is -2.37. The van der Waals surface area contributed by atoms with Gasteiger partial charge in [0.1, 0.15) is 0 Å². The summed E-state index contributed by atoms with van der Waals surface area (Å²) < 4.78 is 0. The van der Waals surface area contributed by atoms with E-state index in [1.165, 1.54) is 4.90 Å². The average molecular weight is 331 g/mol.